The second-order valence-electron chi connectivity index (χ2n) is 8.45. The Bertz CT molecular complexity index is 1430. The van der Waals surface area contributed by atoms with Crippen molar-refractivity contribution in [1.82, 2.24) is 15.2 Å². The maximum Gasteiger partial charge on any atom is 0.226 e. The first-order valence-electron chi connectivity index (χ1n) is 11.5. The predicted molar refractivity (Wildman–Crippen MR) is 144 cm³/mol. The standard InChI is InChI=1S/C27H21BrF2N4O2S/c28-20-15-17(30)6-9-19(20)22-10-11-23(36-22)26-25(21-3-1-2-13-31-21)33-27(37)34(26)14-12-24(35)32-18-7-4-16(29)5-8-18/h1-11,13,15,25-26H,12,14H2,(H,32,35)(H,33,37)/t25-,26+/m1/s1. The number of furan rings is 1. The summed E-state index contributed by atoms with van der Waals surface area (Å²) in [4.78, 5) is 19.0. The second kappa shape index (κ2) is 10.8. The maximum atomic E-state index is 13.6. The number of thiocarbonyl (C=S) groups is 1. The second-order valence-corrected chi connectivity index (χ2v) is 9.69. The van der Waals surface area contributed by atoms with Crippen LogP contribution in [0.5, 0.6) is 0 Å². The molecule has 1 aliphatic heterocycles. The molecule has 1 saturated heterocycles. The minimum absolute atomic E-state index is 0.141. The molecule has 10 heteroatoms. The highest BCUT2D eigenvalue weighted by atomic mass is 79.9. The highest BCUT2D eigenvalue weighted by Gasteiger charge is 2.41. The van der Waals surface area contributed by atoms with Gasteiger partial charge in [-0.05, 0) is 94.9 Å². The molecule has 1 aliphatic rings. The van der Waals surface area contributed by atoms with E-state index in [2.05, 4.69) is 31.5 Å². The normalized spacial score (nSPS) is 17.1. The molecule has 0 bridgehead atoms. The summed E-state index contributed by atoms with van der Waals surface area (Å²) in [7, 11) is 0. The van der Waals surface area contributed by atoms with Gasteiger partial charge < -0.3 is 20.0 Å². The Morgan fingerprint density at radius 1 is 1.08 bits per heavy atom. The van der Waals surface area contributed by atoms with Crippen LogP contribution in [-0.2, 0) is 4.79 Å². The van der Waals surface area contributed by atoms with E-state index in [0.717, 1.165) is 5.69 Å². The van der Waals surface area contributed by atoms with Gasteiger partial charge in [0.05, 0.1) is 11.7 Å². The van der Waals surface area contributed by atoms with E-state index in [1.807, 2.05) is 35.2 Å². The number of hydrogen-bond donors (Lipinski definition) is 2. The number of aromatic nitrogens is 1. The number of anilines is 1. The van der Waals surface area contributed by atoms with Crippen LogP contribution < -0.4 is 10.6 Å². The Hall–Kier alpha value is -3.63. The molecule has 2 aromatic carbocycles. The lowest BCUT2D eigenvalue weighted by Gasteiger charge is -2.25. The zero-order valence-corrected chi connectivity index (χ0v) is 21.7. The van der Waals surface area contributed by atoms with E-state index < -0.39 is 0 Å². The van der Waals surface area contributed by atoms with E-state index in [-0.39, 0.29) is 36.0 Å². The third kappa shape index (κ3) is 5.55. The number of nitrogens with one attached hydrogen (secondary N) is 2. The summed E-state index contributed by atoms with van der Waals surface area (Å²) in [6.45, 7) is 0.309. The van der Waals surface area contributed by atoms with Crippen molar-refractivity contribution < 1.29 is 18.0 Å². The van der Waals surface area contributed by atoms with E-state index in [4.69, 9.17) is 16.6 Å². The monoisotopic (exact) mass is 582 g/mol. The van der Waals surface area contributed by atoms with Gasteiger partial charge >= 0.3 is 0 Å². The van der Waals surface area contributed by atoms with Gasteiger partial charge in [0.15, 0.2) is 5.11 Å². The number of nitrogens with zero attached hydrogens (tertiary/aromatic N) is 2. The van der Waals surface area contributed by atoms with Gasteiger partial charge in [0, 0.05) is 34.9 Å². The van der Waals surface area contributed by atoms with Crippen molar-refractivity contribution >= 4 is 44.9 Å². The Morgan fingerprint density at radius 3 is 2.59 bits per heavy atom. The molecule has 188 valence electrons. The summed E-state index contributed by atoms with van der Waals surface area (Å²) in [5, 5.41) is 6.56. The van der Waals surface area contributed by atoms with Crippen LogP contribution in [0.25, 0.3) is 11.3 Å². The average Bonchev–Trinajstić information content (AvgIpc) is 3.49. The average molecular weight is 583 g/mol. The number of carbonyl (C=O) groups excluding carboxylic acids is 1. The number of pyridine rings is 1. The molecular formula is C27H21BrF2N4O2S. The minimum Gasteiger partial charge on any atom is -0.459 e. The largest absolute Gasteiger partial charge is 0.459 e. The molecule has 37 heavy (non-hydrogen) atoms. The van der Waals surface area contributed by atoms with Crippen LogP contribution in [0, 0.1) is 11.6 Å². The molecule has 3 heterocycles. The molecule has 6 nitrogen and oxygen atoms in total. The van der Waals surface area contributed by atoms with Gasteiger partial charge in [-0.2, -0.15) is 0 Å². The number of benzene rings is 2. The molecule has 2 aromatic heterocycles. The molecule has 2 atom stereocenters. The van der Waals surface area contributed by atoms with Gasteiger partial charge in [0.2, 0.25) is 5.91 Å². The van der Waals surface area contributed by atoms with Gasteiger partial charge in [0.1, 0.15) is 29.2 Å². The molecule has 0 aliphatic carbocycles. The molecule has 0 spiro atoms. The van der Waals surface area contributed by atoms with Crippen molar-refractivity contribution in [3.8, 4) is 11.3 Å². The lowest BCUT2D eigenvalue weighted by Crippen LogP contribution is -2.32. The first kappa shape index (κ1) is 25.0. The summed E-state index contributed by atoms with van der Waals surface area (Å²) in [5.41, 5.74) is 1.99. The van der Waals surface area contributed by atoms with Crippen LogP contribution in [0.1, 0.15) is 30.0 Å². The quantitative estimate of drug-likeness (QED) is 0.246. The van der Waals surface area contributed by atoms with Crippen molar-refractivity contribution in [2.75, 3.05) is 11.9 Å². The molecule has 0 unspecified atom stereocenters. The van der Waals surface area contributed by atoms with E-state index in [9.17, 15) is 13.6 Å². The minimum atomic E-state index is -0.381. The van der Waals surface area contributed by atoms with E-state index in [1.54, 1.807) is 12.3 Å². The Balaban J connectivity index is 1.40. The maximum absolute atomic E-state index is 13.6. The van der Waals surface area contributed by atoms with Gasteiger partial charge in [-0.25, -0.2) is 8.78 Å². The van der Waals surface area contributed by atoms with Crippen LogP contribution in [-0.4, -0.2) is 27.4 Å². The predicted octanol–water partition coefficient (Wildman–Crippen LogP) is 6.38. The highest BCUT2D eigenvalue weighted by molar-refractivity contribution is 9.10. The van der Waals surface area contributed by atoms with E-state index >= 15 is 0 Å². The molecule has 0 radical (unpaired) electrons. The Morgan fingerprint density at radius 2 is 1.86 bits per heavy atom. The molecule has 5 rings (SSSR count). The van der Waals surface area contributed by atoms with Crippen LogP contribution in [0.4, 0.5) is 14.5 Å². The van der Waals surface area contributed by atoms with Crippen LogP contribution in [0.2, 0.25) is 0 Å². The fourth-order valence-electron chi connectivity index (χ4n) is 4.28. The summed E-state index contributed by atoms with van der Waals surface area (Å²) >= 11 is 9.05. The summed E-state index contributed by atoms with van der Waals surface area (Å²) in [6, 6.07) is 18.6. The van der Waals surface area contributed by atoms with Crippen molar-refractivity contribution in [3.63, 3.8) is 0 Å². The van der Waals surface area contributed by atoms with Gasteiger partial charge in [0.25, 0.3) is 0 Å². The molecule has 2 N–H and O–H groups in total. The first-order valence-corrected chi connectivity index (χ1v) is 12.7. The van der Waals surface area contributed by atoms with Gasteiger partial charge in [-0.1, -0.05) is 6.07 Å². The van der Waals surface area contributed by atoms with E-state index in [0.29, 0.717) is 38.9 Å². The fraction of sp³-hybridized carbons (Fsp3) is 0.148. The van der Waals surface area contributed by atoms with Gasteiger partial charge in [-0.3, -0.25) is 9.78 Å². The molecule has 4 aromatic rings. The zero-order valence-electron chi connectivity index (χ0n) is 19.3. The first-order chi connectivity index (χ1) is 17.9. The molecular weight excluding hydrogens is 562 g/mol. The van der Waals surface area contributed by atoms with Gasteiger partial charge in [-0.15, -0.1) is 0 Å². The third-order valence-corrected chi connectivity index (χ3v) is 7.03. The van der Waals surface area contributed by atoms with Crippen LogP contribution in [0.3, 0.4) is 0 Å². The summed E-state index contributed by atoms with van der Waals surface area (Å²) < 4.78 is 33.6. The number of amides is 1. The Kier molecular flexibility index (Phi) is 7.29. The number of rotatable bonds is 7. The smallest absolute Gasteiger partial charge is 0.226 e. The summed E-state index contributed by atoms with van der Waals surface area (Å²) in [6.07, 6.45) is 1.85. The fourth-order valence-corrected chi connectivity index (χ4v) is 5.16. The van der Waals surface area contributed by atoms with Crippen LogP contribution in [0.15, 0.2) is 87.9 Å². The summed E-state index contributed by atoms with van der Waals surface area (Å²) in [5.74, 6) is 0.222. The number of hydrogen-bond acceptors (Lipinski definition) is 4. The van der Waals surface area contributed by atoms with E-state index in [1.165, 1.54) is 36.4 Å². The number of halogens is 3. The lowest BCUT2D eigenvalue weighted by atomic mass is 10.0. The lowest BCUT2D eigenvalue weighted by molar-refractivity contribution is -0.116. The van der Waals surface area contributed by atoms with Crippen molar-refractivity contribution in [2.45, 2.75) is 18.5 Å². The topological polar surface area (TPSA) is 70.4 Å². The van der Waals surface area contributed by atoms with Crippen LogP contribution >= 0.6 is 28.1 Å². The van der Waals surface area contributed by atoms with Crippen molar-refractivity contribution in [2.24, 2.45) is 0 Å². The Labute approximate surface area is 225 Å². The zero-order chi connectivity index (χ0) is 25.9. The molecule has 0 saturated carbocycles. The SMILES string of the molecule is O=C(CCN1C(=S)N[C@H](c2ccccn2)[C@@H]1c1ccc(-c2ccc(F)cc2Br)o1)Nc1ccc(F)cc1. The number of carbonyl (C=O) groups is 1. The molecule has 1 fully saturated rings. The third-order valence-electron chi connectivity index (χ3n) is 6.02. The van der Waals surface area contributed by atoms with Crippen molar-refractivity contribution in [3.05, 3.63) is 107 Å². The highest BCUT2D eigenvalue weighted by Crippen LogP contribution is 2.41. The molecule has 1 amide bonds. The van der Waals surface area contributed by atoms with Crippen molar-refractivity contribution in [1.29, 1.82) is 0 Å².